The summed E-state index contributed by atoms with van der Waals surface area (Å²) < 4.78 is 93.3. The molecule has 1 aliphatic rings. The molecule has 3 rings (SSSR count). The smallest absolute Gasteiger partial charge is 0.326 e. The lowest BCUT2D eigenvalue weighted by Gasteiger charge is -2.28. The Bertz CT molecular complexity index is 930. The van der Waals surface area contributed by atoms with Crippen LogP contribution in [0.25, 0.3) is 0 Å². The van der Waals surface area contributed by atoms with Crippen molar-refractivity contribution >= 4 is 11.8 Å². The first-order valence-corrected chi connectivity index (χ1v) is 8.92. The van der Waals surface area contributed by atoms with Crippen LogP contribution in [-0.4, -0.2) is 34.0 Å². The van der Waals surface area contributed by atoms with E-state index in [0.717, 1.165) is 12.1 Å². The highest BCUT2D eigenvalue weighted by Gasteiger charge is 2.44. The van der Waals surface area contributed by atoms with Crippen LogP contribution in [0.15, 0.2) is 42.5 Å². The minimum atomic E-state index is -5.20. The van der Waals surface area contributed by atoms with Crippen LogP contribution < -0.4 is 0 Å². The Morgan fingerprint density at radius 1 is 0.677 bits per heavy atom. The van der Waals surface area contributed by atoms with Crippen molar-refractivity contribution in [3.63, 3.8) is 0 Å². The minimum absolute atomic E-state index is 0.187. The highest BCUT2D eigenvalue weighted by Crippen LogP contribution is 2.27. The van der Waals surface area contributed by atoms with Crippen molar-refractivity contribution in [2.75, 3.05) is 0 Å². The Hall–Kier alpha value is -3.11. The summed E-state index contributed by atoms with van der Waals surface area (Å²) in [5, 5.41) is 0. The highest BCUT2D eigenvalue weighted by molar-refractivity contribution is 5.82. The number of nitrogens with zero attached hydrogens (tertiary/aromatic N) is 2. The standard InChI is InChI=1S/C20H15F7N2O2/c21-16-14-5-2-6-15(16)11-29(18(31)20(25,26)27)9-13-4-1-3-12(7-13)8-28(10-14)17(30)19(22,23)24/h1-7H,8-11H2. The van der Waals surface area contributed by atoms with E-state index in [4.69, 9.17) is 0 Å². The second-order valence-electron chi connectivity index (χ2n) is 7.03. The maximum atomic E-state index is 14.9. The summed E-state index contributed by atoms with van der Waals surface area (Å²) >= 11 is 0. The number of carbonyl (C=O) groups excluding carboxylic acids is 2. The van der Waals surface area contributed by atoms with E-state index in [1.54, 1.807) is 0 Å². The molecule has 4 bridgehead atoms. The predicted octanol–water partition coefficient (Wildman–Crippen LogP) is 4.32. The first-order valence-electron chi connectivity index (χ1n) is 8.92. The molecular weight excluding hydrogens is 433 g/mol. The van der Waals surface area contributed by atoms with Crippen LogP contribution in [0.5, 0.6) is 0 Å². The molecule has 0 saturated carbocycles. The molecule has 0 fully saturated rings. The number of hydrogen-bond acceptors (Lipinski definition) is 2. The van der Waals surface area contributed by atoms with Gasteiger partial charge in [-0.15, -0.1) is 0 Å². The van der Waals surface area contributed by atoms with Gasteiger partial charge in [-0.3, -0.25) is 9.59 Å². The van der Waals surface area contributed by atoms with Crippen molar-refractivity contribution in [2.45, 2.75) is 38.5 Å². The second-order valence-corrected chi connectivity index (χ2v) is 7.03. The van der Waals surface area contributed by atoms with Crippen molar-refractivity contribution in [1.82, 2.24) is 9.80 Å². The molecule has 0 N–H and O–H groups in total. The van der Waals surface area contributed by atoms with Crippen LogP contribution >= 0.6 is 0 Å². The zero-order valence-electron chi connectivity index (χ0n) is 15.7. The molecule has 166 valence electrons. The number of rotatable bonds is 0. The molecule has 4 nitrogen and oxygen atoms in total. The number of alkyl halides is 6. The number of carbonyl (C=O) groups is 2. The summed E-state index contributed by atoms with van der Waals surface area (Å²) in [4.78, 5) is 24.6. The van der Waals surface area contributed by atoms with Crippen molar-refractivity contribution in [3.05, 3.63) is 70.5 Å². The van der Waals surface area contributed by atoms with Gasteiger partial charge < -0.3 is 9.80 Å². The summed E-state index contributed by atoms with van der Waals surface area (Å²) in [5.74, 6) is -5.42. The zero-order chi connectivity index (χ0) is 23.0. The van der Waals surface area contributed by atoms with Gasteiger partial charge in [-0.25, -0.2) is 4.39 Å². The van der Waals surface area contributed by atoms with Gasteiger partial charge in [0.1, 0.15) is 5.82 Å². The molecule has 0 radical (unpaired) electrons. The van der Waals surface area contributed by atoms with E-state index >= 15 is 0 Å². The van der Waals surface area contributed by atoms with Gasteiger partial charge in [0, 0.05) is 37.3 Å². The maximum Gasteiger partial charge on any atom is 0.471 e. The molecule has 0 saturated heterocycles. The van der Waals surface area contributed by atoms with Crippen LogP contribution in [0.1, 0.15) is 22.3 Å². The molecule has 1 aliphatic heterocycles. The van der Waals surface area contributed by atoms with Crippen LogP contribution in [0, 0.1) is 5.82 Å². The molecule has 2 aromatic rings. The third-order valence-corrected chi connectivity index (χ3v) is 4.68. The van der Waals surface area contributed by atoms with Gasteiger partial charge in [0.25, 0.3) is 0 Å². The Morgan fingerprint density at radius 2 is 1.06 bits per heavy atom. The quantitative estimate of drug-likeness (QED) is 0.564. The van der Waals surface area contributed by atoms with Gasteiger partial charge in [0.2, 0.25) is 0 Å². The zero-order valence-corrected chi connectivity index (χ0v) is 15.7. The SMILES string of the molecule is O=C(N1Cc2cccc(c2)CN(C(=O)C(F)(F)F)Cc2cccc(c2F)C1)C(F)(F)F. The minimum Gasteiger partial charge on any atom is -0.326 e. The van der Waals surface area contributed by atoms with E-state index in [2.05, 4.69) is 0 Å². The highest BCUT2D eigenvalue weighted by atomic mass is 19.4. The fourth-order valence-corrected chi connectivity index (χ4v) is 3.31. The van der Waals surface area contributed by atoms with Gasteiger partial charge in [-0.05, 0) is 11.1 Å². The van der Waals surface area contributed by atoms with E-state index in [1.807, 2.05) is 0 Å². The van der Waals surface area contributed by atoms with Crippen LogP contribution in [0.4, 0.5) is 30.7 Å². The molecule has 0 atom stereocenters. The number of benzene rings is 2. The molecule has 1 heterocycles. The van der Waals surface area contributed by atoms with Crippen molar-refractivity contribution in [2.24, 2.45) is 0 Å². The third kappa shape index (κ3) is 5.15. The summed E-state index contributed by atoms with van der Waals surface area (Å²) in [5.41, 5.74) is -0.254. The lowest BCUT2D eigenvalue weighted by molar-refractivity contribution is -0.187. The molecule has 0 spiro atoms. The van der Waals surface area contributed by atoms with Crippen molar-refractivity contribution in [3.8, 4) is 0 Å². The maximum absolute atomic E-state index is 14.9. The van der Waals surface area contributed by atoms with Gasteiger partial charge in [0.05, 0.1) is 0 Å². The first kappa shape index (κ1) is 22.6. The third-order valence-electron chi connectivity index (χ3n) is 4.68. The first-order chi connectivity index (χ1) is 14.4. The number of halogens is 7. The normalized spacial score (nSPS) is 15.2. The van der Waals surface area contributed by atoms with Gasteiger partial charge in [-0.2, -0.15) is 26.3 Å². The number of amides is 2. The lowest BCUT2D eigenvalue weighted by Crippen LogP contribution is -2.41. The molecule has 2 amide bonds. The summed E-state index contributed by atoms with van der Waals surface area (Å²) in [6.45, 7) is -2.61. The molecule has 0 aromatic heterocycles. The predicted molar refractivity (Wildman–Crippen MR) is 93.5 cm³/mol. The summed E-state index contributed by atoms with van der Waals surface area (Å²) in [6.07, 6.45) is -10.4. The molecule has 31 heavy (non-hydrogen) atoms. The average Bonchev–Trinajstić information content (AvgIpc) is 2.67. The number of hydrogen-bond donors (Lipinski definition) is 0. The van der Waals surface area contributed by atoms with Crippen molar-refractivity contribution in [1.29, 1.82) is 0 Å². The van der Waals surface area contributed by atoms with E-state index in [1.165, 1.54) is 30.3 Å². The molecule has 2 aromatic carbocycles. The van der Waals surface area contributed by atoms with Gasteiger partial charge >= 0.3 is 24.2 Å². The lowest BCUT2D eigenvalue weighted by atomic mass is 10.0. The molecule has 0 unspecified atom stereocenters. The Balaban J connectivity index is 2.10. The van der Waals surface area contributed by atoms with E-state index < -0.39 is 56.2 Å². The Morgan fingerprint density at radius 3 is 1.45 bits per heavy atom. The van der Waals surface area contributed by atoms with Crippen LogP contribution in [-0.2, 0) is 35.8 Å². The van der Waals surface area contributed by atoms with E-state index in [9.17, 15) is 40.3 Å². The van der Waals surface area contributed by atoms with E-state index in [-0.39, 0.29) is 22.3 Å². The van der Waals surface area contributed by atoms with E-state index in [0.29, 0.717) is 9.80 Å². The topological polar surface area (TPSA) is 40.6 Å². The van der Waals surface area contributed by atoms with Gasteiger partial charge in [-0.1, -0.05) is 42.5 Å². The Kier molecular flexibility index (Phi) is 5.97. The fourth-order valence-electron chi connectivity index (χ4n) is 3.31. The average molecular weight is 448 g/mol. The fraction of sp³-hybridized carbons (Fsp3) is 0.300. The summed E-state index contributed by atoms with van der Waals surface area (Å²) in [6, 6.07) is 8.97. The monoisotopic (exact) mass is 448 g/mol. The van der Waals surface area contributed by atoms with Crippen LogP contribution in [0.3, 0.4) is 0 Å². The second kappa shape index (κ2) is 8.20. The van der Waals surface area contributed by atoms with Gasteiger partial charge in [0.15, 0.2) is 0 Å². The number of fused-ring (bicyclic) bond motifs is 4. The molecular formula is C20H15F7N2O2. The Labute approximate surface area is 171 Å². The van der Waals surface area contributed by atoms with Crippen molar-refractivity contribution < 1.29 is 40.3 Å². The molecule has 0 aliphatic carbocycles. The summed E-state index contributed by atoms with van der Waals surface area (Å²) in [7, 11) is 0. The molecule has 11 heteroatoms. The largest absolute Gasteiger partial charge is 0.471 e. The van der Waals surface area contributed by atoms with Crippen LogP contribution in [0.2, 0.25) is 0 Å².